The van der Waals surface area contributed by atoms with Crippen molar-refractivity contribution in [3.05, 3.63) is 35.4 Å². The molecule has 0 radical (unpaired) electrons. The SMILES string of the molecule is NCC(NCCC1CC1)c1ccccc1C1CC1. The van der Waals surface area contributed by atoms with Gasteiger partial charge in [-0.3, -0.25) is 0 Å². The summed E-state index contributed by atoms with van der Waals surface area (Å²) in [5.74, 6) is 1.80. The minimum absolute atomic E-state index is 0.348. The maximum atomic E-state index is 5.96. The molecule has 1 atom stereocenters. The van der Waals surface area contributed by atoms with Gasteiger partial charge in [0.25, 0.3) is 0 Å². The molecule has 2 aliphatic carbocycles. The van der Waals surface area contributed by atoms with Crippen molar-refractivity contribution in [3.8, 4) is 0 Å². The highest BCUT2D eigenvalue weighted by molar-refractivity contribution is 5.35. The van der Waals surface area contributed by atoms with Crippen LogP contribution in [0.2, 0.25) is 0 Å². The molecule has 2 saturated carbocycles. The van der Waals surface area contributed by atoms with Gasteiger partial charge in [-0.15, -0.1) is 0 Å². The van der Waals surface area contributed by atoms with Crippen LogP contribution in [-0.4, -0.2) is 13.1 Å². The van der Waals surface area contributed by atoms with Crippen LogP contribution in [-0.2, 0) is 0 Å². The molecule has 1 aromatic carbocycles. The van der Waals surface area contributed by atoms with E-state index in [1.54, 1.807) is 0 Å². The second kappa shape index (κ2) is 5.41. The van der Waals surface area contributed by atoms with Crippen LogP contribution >= 0.6 is 0 Å². The first-order valence-corrected chi connectivity index (χ1v) is 7.40. The van der Waals surface area contributed by atoms with Crippen molar-refractivity contribution < 1.29 is 0 Å². The summed E-state index contributed by atoms with van der Waals surface area (Å²) in [6.07, 6.45) is 6.91. The Morgan fingerprint density at radius 2 is 1.94 bits per heavy atom. The molecule has 1 unspecified atom stereocenters. The number of nitrogens with one attached hydrogen (secondary N) is 1. The summed E-state index contributed by atoms with van der Waals surface area (Å²) in [6.45, 7) is 1.82. The van der Waals surface area contributed by atoms with Crippen LogP contribution in [0, 0.1) is 5.92 Å². The van der Waals surface area contributed by atoms with E-state index in [1.165, 1.54) is 43.2 Å². The van der Waals surface area contributed by atoms with Crippen molar-refractivity contribution >= 4 is 0 Å². The average molecular weight is 244 g/mol. The Labute approximate surface area is 110 Å². The molecule has 0 aliphatic heterocycles. The van der Waals surface area contributed by atoms with E-state index in [2.05, 4.69) is 29.6 Å². The zero-order valence-corrected chi connectivity index (χ0v) is 11.1. The number of rotatable bonds is 7. The minimum atomic E-state index is 0.348. The summed E-state index contributed by atoms with van der Waals surface area (Å²) in [4.78, 5) is 0. The predicted molar refractivity (Wildman–Crippen MR) is 75.6 cm³/mol. The summed E-state index contributed by atoms with van der Waals surface area (Å²) < 4.78 is 0. The van der Waals surface area contributed by atoms with Crippen molar-refractivity contribution in [3.63, 3.8) is 0 Å². The molecule has 0 aromatic heterocycles. The fourth-order valence-corrected chi connectivity index (χ4v) is 2.78. The Hall–Kier alpha value is -0.860. The van der Waals surface area contributed by atoms with E-state index >= 15 is 0 Å². The van der Waals surface area contributed by atoms with Gasteiger partial charge < -0.3 is 11.1 Å². The molecule has 3 N–H and O–H groups in total. The van der Waals surface area contributed by atoms with Crippen molar-refractivity contribution in [1.82, 2.24) is 5.32 Å². The van der Waals surface area contributed by atoms with E-state index < -0.39 is 0 Å². The lowest BCUT2D eigenvalue weighted by molar-refractivity contribution is 0.513. The highest BCUT2D eigenvalue weighted by Gasteiger charge is 2.28. The Morgan fingerprint density at radius 1 is 1.17 bits per heavy atom. The highest BCUT2D eigenvalue weighted by atomic mass is 14.9. The van der Waals surface area contributed by atoms with Gasteiger partial charge in [-0.1, -0.05) is 37.1 Å². The molecule has 0 heterocycles. The average Bonchev–Trinajstić information content (AvgIpc) is 3.29. The molecule has 3 rings (SSSR count). The maximum Gasteiger partial charge on any atom is 0.0447 e. The van der Waals surface area contributed by atoms with Crippen LogP contribution in [0.25, 0.3) is 0 Å². The molecule has 2 heteroatoms. The second-order valence-electron chi connectivity index (χ2n) is 5.88. The van der Waals surface area contributed by atoms with Crippen molar-refractivity contribution in [1.29, 1.82) is 0 Å². The Balaban J connectivity index is 1.65. The first kappa shape index (κ1) is 12.2. The van der Waals surface area contributed by atoms with Gasteiger partial charge >= 0.3 is 0 Å². The van der Waals surface area contributed by atoms with Gasteiger partial charge in [-0.05, 0) is 48.8 Å². The lowest BCUT2D eigenvalue weighted by Crippen LogP contribution is -2.30. The van der Waals surface area contributed by atoms with E-state index in [1.807, 2.05) is 0 Å². The van der Waals surface area contributed by atoms with E-state index in [4.69, 9.17) is 5.73 Å². The molecule has 98 valence electrons. The molecule has 0 saturated heterocycles. The van der Waals surface area contributed by atoms with Gasteiger partial charge in [0.2, 0.25) is 0 Å². The van der Waals surface area contributed by atoms with Gasteiger partial charge in [0.1, 0.15) is 0 Å². The number of nitrogens with two attached hydrogens (primary N) is 1. The Bertz CT molecular complexity index is 394. The zero-order valence-electron chi connectivity index (χ0n) is 11.1. The number of hydrogen-bond donors (Lipinski definition) is 2. The number of benzene rings is 1. The topological polar surface area (TPSA) is 38.0 Å². The lowest BCUT2D eigenvalue weighted by atomic mass is 9.97. The van der Waals surface area contributed by atoms with Gasteiger partial charge in [-0.2, -0.15) is 0 Å². The van der Waals surface area contributed by atoms with E-state index in [0.29, 0.717) is 12.6 Å². The summed E-state index contributed by atoms with van der Waals surface area (Å²) in [5.41, 5.74) is 8.94. The smallest absolute Gasteiger partial charge is 0.0447 e. The molecule has 0 spiro atoms. The fraction of sp³-hybridized carbons (Fsp3) is 0.625. The first-order chi connectivity index (χ1) is 8.88. The second-order valence-corrected chi connectivity index (χ2v) is 5.88. The van der Waals surface area contributed by atoms with Crippen LogP contribution < -0.4 is 11.1 Å². The molecular weight excluding hydrogens is 220 g/mol. The largest absolute Gasteiger partial charge is 0.329 e. The Morgan fingerprint density at radius 3 is 2.61 bits per heavy atom. The molecule has 0 amide bonds. The van der Waals surface area contributed by atoms with Crippen molar-refractivity contribution in [2.24, 2.45) is 11.7 Å². The molecule has 18 heavy (non-hydrogen) atoms. The summed E-state index contributed by atoms with van der Waals surface area (Å²) >= 11 is 0. The first-order valence-electron chi connectivity index (χ1n) is 7.40. The van der Waals surface area contributed by atoms with Crippen LogP contribution in [0.15, 0.2) is 24.3 Å². The van der Waals surface area contributed by atoms with Crippen molar-refractivity contribution in [2.45, 2.75) is 44.1 Å². The summed E-state index contributed by atoms with van der Waals surface area (Å²) in [6, 6.07) is 9.20. The molecule has 2 aliphatic rings. The molecule has 0 bridgehead atoms. The highest BCUT2D eigenvalue weighted by Crippen LogP contribution is 2.42. The quantitative estimate of drug-likeness (QED) is 0.774. The van der Waals surface area contributed by atoms with Gasteiger partial charge in [0, 0.05) is 12.6 Å². The van der Waals surface area contributed by atoms with Crippen molar-refractivity contribution in [2.75, 3.05) is 13.1 Å². The summed E-state index contributed by atoms with van der Waals surface area (Å²) in [5, 5.41) is 3.66. The third-order valence-corrected chi connectivity index (χ3v) is 4.26. The predicted octanol–water partition coefficient (Wildman–Crippen LogP) is 2.95. The van der Waals surface area contributed by atoms with Crippen LogP contribution in [0.4, 0.5) is 0 Å². The lowest BCUT2D eigenvalue weighted by Gasteiger charge is -2.20. The van der Waals surface area contributed by atoms with Gasteiger partial charge in [0.15, 0.2) is 0 Å². The van der Waals surface area contributed by atoms with Crippen LogP contribution in [0.3, 0.4) is 0 Å². The Kier molecular flexibility index (Phi) is 3.67. The third kappa shape index (κ3) is 2.93. The number of hydrogen-bond acceptors (Lipinski definition) is 2. The van der Waals surface area contributed by atoms with Crippen LogP contribution in [0.5, 0.6) is 0 Å². The minimum Gasteiger partial charge on any atom is -0.329 e. The van der Waals surface area contributed by atoms with E-state index in [0.717, 1.165) is 18.4 Å². The zero-order chi connectivity index (χ0) is 12.4. The molecule has 2 nitrogen and oxygen atoms in total. The van der Waals surface area contributed by atoms with E-state index in [-0.39, 0.29) is 0 Å². The normalized spacial score (nSPS) is 20.9. The monoisotopic (exact) mass is 244 g/mol. The molecule has 1 aromatic rings. The summed E-state index contributed by atoms with van der Waals surface area (Å²) in [7, 11) is 0. The molecule has 2 fully saturated rings. The third-order valence-electron chi connectivity index (χ3n) is 4.26. The van der Waals surface area contributed by atoms with Crippen LogP contribution in [0.1, 0.15) is 55.2 Å². The standard InChI is InChI=1S/C16H24N2/c17-11-16(18-10-9-12-5-6-12)15-4-2-1-3-14(15)13-7-8-13/h1-4,12-13,16,18H,5-11,17H2. The maximum absolute atomic E-state index is 5.96. The van der Waals surface area contributed by atoms with E-state index in [9.17, 15) is 0 Å². The van der Waals surface area contributed by atoms with Gasteiger partial charge in [-0.25, -0.2) is 0 Å². The fourth-order valence-electron chi connectivity index (χ4n) is 2.78. The van der Waals surface area contributed by atoms with Gasteiger partial charge in [0.05, 0.1) is 0 Å². The molecular formula is C16H24N2.